The summed E-state index contributed by atoms with van der Waals surface area (Å²) in [5.74, 6) is -0.479. The highest BCUT2D eigenvalue weighted by Crippen LogP contribution is 2.28. The van der Waals surface area contributed by atoms with E-state index >= 15 is 0 Å². The second-order valence-electron chi connectivity index (χ2n) is 4.84. The van der Waals surface area contributed by atoms with Crippen LogP contribution in [0.1, 0.15) is 38.9 Å². The van der Waals surface area contributed by atoms with E-state index in [-0.39, 0.29) is 5.97 Å². The van der Waals surface area contributed by atoms with Crippen molar-refractivity contribution in [1.82, 2.24) is 0 Å². The normalized spacial score (nSPS) is 14.3. The second-order valence-corrected chi connectivity index (χ2v) is 4.84. The van der Waals surface area contributed by atoms with Crippen molar-refractivity contribution in [2.45, 2.75) is 33.3 Å². The molecule has 0 spiro atoms. The molecule has 0 aromatic heterocycles. The van der Waals surface area contributed by atoms with Crippen LogP contribution in [0.3, 0.4) is 0 Å². The average molecular weight is 250 g/mol. The number of rotatable bonds is 6. The zero-order chi connectivity index (χ0) is 13.5. The lowest BCUT2D eigenvalue weighted by Crippen LogP contribution is -2.26. The molecule has 2 atom stereocenters. The van der Waals surface area contributed by atoms with Crippen molar-refractivity contribution in [3.05, 3.63) is 35.9 Å². The molecule has 0 aliphatic carbocycles. The van der Waals surface area contributed by atoms with Crippen LogP contribution in [0.4, 0.5) is 0 Å². The summed E-state index contributed by atoms with van der Waals surface area (Å²) < 4.78 is 5.05. The maximum atomic E-state index is 11.9. The van der Waals surface area contributed by atoms with Crippen LogP contribution in [0.5, 0.6) is 0 Å². The Morgan fingerprint density at radius 3 is 2.39 bits per heavy atom. The van der Waals surface area contributed by atoms with Crippen molar-refractivity contribution in [3.8, 4) is 0 Å². The summed E-state index contributed by atoms with van der Waals surface area (Å²) in [6.45, 7) is 6.18. The Bertz CT molecular complexity index is 359. The molecule has 0 saturated heterocycles. The fourth-order valence-electron chi connectivity index (χ4n) is 1.99. The third-order valence-corrected chi connectivity index (χ3v) is 2.84. The molecule has 1 N–H and O–H groups in total. The summed E-state index contributed by atoms with van der Waals surface area (Å²) >= 11 is 0. The smallest absolute Gasteiger partial charge is 0.311 e. The molecule has 1 rings (SSSR count). The molecule has 3 heteroatoms. The number of aliphatic hydroxyl groups is 1. The van der Waals surface area contributed by atoms with Crippen molar-refractivity contribution in [2.24, 2.45) is 11.8 Å². The third-order valence-electron chi connectivity index (χ3n) is 2.84. The van der Waals surface area contributed by atoms with Gasteiger partial charge in [-0.15, -0.1) is 0 Å². The SMILES string of the molecule is CCOC(=O)C(CC(C)C)C(O)c1ccccc1. The zero-order valence-electron chi connectivity index (χ0n) is 11.3. The topological polar surface area (TPSA) is 46.5 Å². The van der Waals surface area contributed by atoms with Crippen LogP contribution >= 0.6 is 0 Å². The van der Waals surface area contributed by atoms with E-state index in [1.807, 2.05) is 44.2 Å². The molecule has 18 heavy (non-hydrogen) atoms. The van der Waals surface area contributed by atoms with Gasteiger partial charge in [-0.1, -0.05) is 44.2 Å². The molecule has 0 saturated carbocycles. The van der Waals surface area contributed by atoms with Gasteiger partial charge in [0.25, 0.3) is 0 Å². The number of hydrogen-bond donors (Lipinski definition) is 1. The van der Waals surface area contributed by atoms with E-state index < -0.39 is 12.0 Å². The standard InChI is InChI=1S/C15H22O3/c1-4-18-15(17)13(10-11(2)3)14(16)12-8-6-5-7-9-12/h5-9,11,13-14,16H,4,10H2,1-3H3. The van der Waals surface area contributed by atoms with Gasteiger partial charge in [0.15, 0.2) is 0 Å². The quantitative estimate of drug-likeness (QED) is 0.790. The van der Waals surface area contributed by atoms with Gasteiger partial charge < -0.3 is 9.84 Å². The number of benzene rings is 1. The Labute approximate surface area is 109 Å². The maximum Gasteiger partial charge on any atom is 0.311 e. The Balaban J connectivity index is 2.85. The summed E-state index contributed by atoms with van der Waals surface area (Å²) in [6.07, 6.45) is -0.179. The van der Waals surface area contributed by atoms with E-state index in [0.29, 0.717) is 18.9 Å². The van der Waals surface area contributed by atoms with Crippen LogP contribution in [-0.2, 0) is 9.53 Å². The van der Waals surface area contributed by atoms with Gasteiger partial charge in [0.1, 0.15) is 0 Å². The average Bonchev–Trinajstić information content (AvgIpc) is 2.36. The predicted molar refractivity (Wildman–Crippen MR) is 71.0 cm³/mol. The predicted octanol–water partition coefficient (Wildman–Crippen LogP) is 2.95. The summed E-state index contributed by atoms with van der Waals surface area (Å²) in [5.41, 5.74) is 0.760. The van der Waals surface area contributed by atoms with Crippen molar-refractivity contribution in [3.63, 3.8) is 0 Å². The number of hydrogen-bond acceptors (Lipinski definition) is 3. The van der Waals surface area contributed by atoms with Gasteiger partial charge in [0.05, 0.1) is 18.6 Å². The van der Waals surface area contributed by atoms with Crippen molar-refractivity contribution < 1.29 is 14.6 Å². The number of carbonyl (C=O) groups is 1. The van der Waals surface area contributed by atoms with E-state index in [1.54, 1.807) is 6.92 Å². The van der Waals surface area contributed by atoms with Gasteiger partial charge in [0.2, 0.25) is 0 Å². The Hall–Kier alpha value is -1.35. The van der Waals surface area contributed by atoms with Gasteiger partial charge >= 0.3 is 5.97 Å². The van der Waals surface area contributed by atoms with Crippen LogP contribution < -0.4 is 0 Å². The van der Waals surface area contributed by atoms with E-state index in [0.717, 1.165) is 5.56 Å². The summed E-state index contributed by atoms with van der Waals surface area (Å²) in [6, 6.07) is 9.26. The zero-order valence-corrected chi connectivity index (χ0v) is 11.3. The lowest BCUT2D eigenvalue weighted by atomic mass is 9.88. The highest BCUT2D eigenvalue weighted by Gasteiger charge is 2.29. The highest BCUT2D eigenvalue weighted by molar-refractivity contribution is 5.73. The molecule has 0 heterocycles. The lowest BCUT2D eigenvalue weighted by molar-refractivity contribution is -0.153. The van der Waals surface area contributed by atoms with Crippen LogP contribution in [-0.4, -0.2) is 17.7 Å². The number of aliphatic hydroxyl groups excluding tert-OH is 1. The summed E-state index contributed by atoms with van der Waals surface area (Å²) in [4.78, 5) is 11.9. The number of ether oxygens (including phenoxy) is 1. The van der Waals surface area contributed by atoms with E-state index in [1.165, 1.54) is 0 Å². The van der Waals surface area contributed by atoms with Crippen LogP contribution in [0.15, 0.2) is 30.3 Å². The van der Waals surface area contributed by atoms with Crippen LogP contribution in [0.25, 0.3) is 0 Å². The molecule has 3 nitrogen and oxygen atoms in total. The first-order chi connectivity index (χ1) is 8.56. The van der Waals surface area contributed by atoms with Crippen molar-refractivity contribution >= 4 is 5.97 Å². The van der Waals surface area contributed by atoms with Gasteiger partial charge in [-0.2, -0.15) is 0 Å². The Morgan fingerprint density at radius 1 is 1.28 bits per heavy atom. The Morgan fingerprint density at radius 2 is 1.89 bits per heavy atom. The van der Waals surface area contributed by atoms with E-state index in [2.05, 4.69) is 0 Å². The molecule has 0 aliphatic rings. The van der Waals surface area contributed by atoms with Crippen LogP contribution in [0.2, 0.25) is 0 Å². The first-order valence-electron chi connectivity index (χ1n) is 6.45. The highest BCUT2D eigenvalue weighted by atomic mass is 16.5. The third kappa shape index (κ3) is 4.15. The largest absolute Gasteiger partial charge is 0.466 e. The summed E-state index contributed by atoms with van der Waals surface area (Å²) in [7, 11) is 0. The van der Waals surface area contributed by atoms with Gasteiger partial charge in [-0.25, -0.2) is 0 Å². The van der Waals surface area contributed by atoms with Crippen molar-refractivity contribution in [1.29, 1.82) is 0 Å². The van der Waals surface area contributed by atoms with E-state index in [9.17, 15) is 9.90 Å². The minimum absolute atomic E-state index is 0.317. The molecule has 0 aliphatic heterocycles. The molecule has 1 aromatic rings. The minimum Gasteiger partial charge on any atom is -0.466 e. The molecular weight excluding hydrogens is 228 g/mol. The fourth-order valence-corrected chi connectivity index (χ4v) is 1.99. The monoisotopic (exact) mass is 250 g/mol. The van der Waals surface area contributed by atoms with E-state index in [4.69, 9.17) is 4.74 Å². The molecule has 0 fully saturated rings. The summed E-state index contributed by atoms with van der Waals surface area (Å²) in [5, 5.41) is 10.3. The van der Waals surface area contributed by atoms with Gasteiger partial charge in [-0.05, 0) is 24.8 Å². The minimum atomic E-state index is -0.798. The number of esters is 1. The Kier molecular flexibility index (Phi) is 5.86. The first kappa shape index (κ1) is 14.7. The van der Waals surface area contributed by atoms with Gasteiger partial charge in [0, 0.05) is 0 Å². The fraction of sp³-hybridized carbons (Fsp3) is 0.533. The number of carbonyl (C=O) groups excluding carboxylic acids is 1. The molecule has 0 radical (unpaired) electrons. The van der Waals surface area contributed by atoms with Gasteiger partial charge in [-0.3, -0.25) is 4.79 Å². The second kappa shape index (κ2) is 7.17. The molecular formula is C15H22O3. The molecule has 100 valence electrons. The maximum absolute atomic E-state index is 11.9. The first-order valence-corrected chi connectivity index (χ1v) is 6.45. The lowest BCUT2D eigenvalue weighted by Gasteiger charge is -2.23. The molecule has 2 unspecified atom stereocenters. The van der Waals surface area contributed by atoms with Crippen LogP contribution in [0, 0.1) is 11.8 Å². The molecule has 0 amide bonds. The molecule has 0 bridgehead atoms. The molecule has 1 aromatic carbocycles. The van der Waals surface area contributed by atoms with Crippen molar-refractivity contribution in [2.75, 3.05) is 6.61 Å².